The summed E-state index contributed by atoms with van der Waals surface area (Å²) < 4.78 is 0. The number of fused-ring (bicyclic) bond motifs is 1. The summed E-state index contributed by atoms with van der Waals surface area (Å²) >= 11 is 5.79. The second kappa shape index (κ2) is 4.50. The number of nitrogen functional groups attached to an aromatic ring is 1. The predicted molar refractivity (Wildman–Crippen MR) is 76.0 cm³/mol. The van der Waals surface area contributed by atoms with Crippen LogP contribution in [0.1, 0.15) is 15.9 Å². The average Bonchev–Trinajstić information content (AvgIpc) is 2.82. The maximum absolute atomic E-state index is 12.4. The molecule has 2 heterocycles. The van der Waals surface area contributed by atoms with Gasteiger partial charge < -0.3 is 10.7 Å². The number of hydrogen-bond donors (Lipinski definition) is 3. The van der Waals surface area contributed by atoms with Gasteiger partial charge in [0.2, 0.25) is 5.95 Å². The fourth-order valence-corrected chi connectivity index (χ4v) is 2.09. The molecule has 0 saturated carbocycles. The summed E-state index contributed by atoms with van der Waals surface area (Å²) in [5, 5.41) is 0.541. The highest BCUT2D eigenvalue weighted by molar-refractivity contribution is 6.30. The van der Waals surface area contributed by atoms with E-state index in [1.807, 2.05) is 0 Å². The fraction of sp³-hybridized carbons (Fsp3) is 0. The zero-order valence-corrected chi connectivity index (χ0v) is 10.9. The minimum atomic E-state index is -0.414. The Bertz CT molecular complexity index is 864. The van der Waals surface area contributed by atoms with Gasteiger partial charge in [0.25, 0.3) is 5.56 Å². The lowest BCUT2D eigenvalue weighted by molar-refractivity contribution is 0.104. The number of nitrogens with zero attached hydrogens (tertiary/aromatic N) is 1. The van der Waals surface area contributed by atoms with Gasteiger partial charge in [-0.15, -0.1) is 0 Å². The Hall–Kier alpha value is -2.60. The molecule has 0 unspecified atom stereocenters. The number of nitrogens with two attached hydrogens (primary N) is 1. The maximum Gasteiger partial charge on any atom is 0.276 e. The van der Waals surface area contributed by atoms with Crippen LogP contribution in [0.3, 0.4) is 0 Å². The Balaban J connectivity index is 2.17. The molecule has 100 valence electrons. The number of ketones is 1. The van der Waals surface area contributed by atoms with E-state index in [2.05, 4.69) is 15.0 Å². The van der Waals surface area contributed by atoms with Crippen LogP contribution in [0, 0.1) is 0 Å². The van der Waals surface area contributed by atoms with Gasteiger partial charge in [-0.3, -0.25) is 14.6 Å². The smallest absolute Gasteiger partial charge is 0.276 e. The van der Waals surface area contributed by atoms with Gasteiger partial charge in [-0.25, -0.2) is 4.98 Å². The van der Waals surface area contributed by atoms with Crippen LogP contribution >= 0.6 is 11.6 Å². The Morgan fingerprint density at radius 1 is 1.25 bits per heavy atom. The SMILES string of the molecule is Nc1nc2c(C(=O)c3ccc(Cl)cc3)c[nH]c2c(=O)[nH]1. The monoisotopic (exact) mass is 288 g/mol. The minimum Gasteiger partial charge on any atom is -0.369 e. The van der Waals surface area contributed by atoms with E-state index in [0.717, 1.165) is 0 Å². The zero-order valence-electron chi connectivity index (χ0n) is 10.1. The number of anilines is 1. The van der Waals surface area contributed by atoms with E-state index in [1.54, 1.807) is 24.3 Å². The molecule has 1 aromatic carbocycles. The van der Waals surface area contributed by atoms with E-state index < -0.39 is 5.56 Å². The first-order chi connectivity index (χ1) is 9.56. The van der Waals surface area contributed by atoms with Crippen molar-refractivity contribution in [3.05, 3.63) is 57.0 Å². The molecule has 3 rings (SSSR count). The van der Waals surface area contributed by atoms with Crippen molar-refractivity contribution >= 4 is 34.4 Å². The van der Waals surface area contributed by atoms with Crippen LogP contribution in [-0.4, -0.2) is 20.7 Å². The molecule has 0 bridgehead atoms. The largest absolute Gasteiger partial charge is 0.369 e. The normalized spacial score (nSPS) is 10.8. The molecular weight excluding hydrogens is 280 g/mol. The van der Waals surface area contributed by atoms with Crippen molar-refractivity contribution in [1.29, 1.82) is 0 Å². The summed E-state index contributed by atoms with van der Waals surface area (Å²) in [4.78, 5) is 33.2. The number of nitrogens with one attached hydrogen (secondary N) is 2. The number of carbonyl (C=O) groups excluding carboxylic acids is 1. The Labute approximate surface area is 117 Å². The molecule has 0 aliphatic rings. The van der Waals surface area contributed by atoms with Gasteiger partial charge in [0.05, 0.1) is 5.56 Å². The zero-order chi connectivity index (χ0) is 14.3. The third kappa shape index (κ3) is 1.96. The van der Waals surface area contributed by atoms with Gasteiger partial charge in [-0.1, -0.05) is 11.6 Å². The van der Waals surface area contributed by atoms with E-state index in [4.69, 9.17) is 17.3 Å². The molecule has 0 aliphatic carbocycles. The molecule has 0 saturated heterocycles. The first-order valence-electron chi connectivity index (χ1n) is 5.73. The number of aromatic amines is 2. The molecular formula is C13H9ClN4O2. The Kier molecular flexibility index (Phi) is 2.80. The molecule has 0 spiro atoms. The van der Waals surface area contributed by atoms with Gasteiger partial charge in [0.15, 0.2) is 5.78 Å². The summed E-state index contributed by atoms with van der Waals surface area (Å²) in [6.07, 6.45) is 1.45. The lowest BCUT2D eigenvalue weighted by Crippen LogP contribution is -2.11. The number of hydrogen-bond acceptors (Lipinski definition) is 4. The molecule has 3 aromatic rings. The lowest BCUT2D eigenvalue weighted by atomic mass is 10.1. The van der Waals surface area contributed by atoms with E-state index in [1.165, 1.54) is 6.20 Å². The van der Waals surface area contributed by atoms with Crippen LogP contribution in [0.25, 0.3) is 11.0 Å². The van der Waals surface area contributed by atoms with Crippen LogP contribution in [0.5, 0.6) is 0 Å². The maximum atomic E-state index is 12.4. The van der Waals surface area contributed by atoms with E-state index in [-0.39, 0.29) is 22.8 Å². The quantitative estimate of drug-likeness (QED) is 0.624. The highest BCUT2D eigenvalue weighted by Gasteiger charge is 2.17. The molecule has 20 heavy (non-hydrogen) atoms. The lowest BCUT2D eigenvalue weighted by Gasteiger charge is -2.00. The number of halogens is 1. The third-order valence-electron chi connectivity index (χ3n) is 2.90. The summed E-state index contributed by atoms with van der Waals surface area (Å²) in [6.45, 7) is 0. The molecule has 2 aromatic heterocycles. The van der Waals surface area contributed by atoms with Gasteiger partial charge in [-0.05, 0) is 24.3 Å². The highest BCUT2D eigenvalue weighted by atomic mass is 35.5. The van der Waals surface area contributed by atoms with E-state index in [0.29, 0.717) is 16.1 Å². The van der Waals surface area contributed by atoms with Crippen LogP contribution in [0.2, 0.25) is 5.02 Å². The topological polar surface area (TPSA) is 105 Å². The number of H-pyrrole nitrogens is 2. The van der Waals surface area contributed by atoms with Crippen LogP contribution in [0.4, 0.5) is 5.95 Å². The van der Waals surface area contributed by atoms with Gasteiger partial charge in [0, 0.05) is 16.8 Å². The second-order valence-electron chi connectivity index (χ2n) is 4.21. The van der Waals surface area contributed by atoms with Crippen LogP contribution < -0.4 is 11.3 Å². The molecule has 0 aliphatic heterocycles. The van der Waals surface area contributed by atoms with E-state index in [9.17, 15) is 9.59 Å². The number of carbonyl (C=O) groups is 1. The predicted octanol–water partition coefficient (Wildman–Crippen LogP) is 1.72. The molecule has 0 radical (unpaired) electrons. The van der Waals surface area contributed by atoms with Gasteiger partial charge in [-0.2, -0.15) is 0 Å². The van der Waals surface area contributed by atoms with Gasteiger partial charge >= 0.3 is 0 Å². The summed E-state index contributed by atoms with van der Waals surface area (Å²) in [7, 11) is 0. The molecule has 0 fully saturated rings. The number of aromatic nitrogens is 3. The van der Waals surface area contributed by atoms with Crippen molar-refractivity contribution in [2.24, 2.45) is 0 Å². The average molecular weight is 289 g/mol. The van der Waals surface area contributed by atoms with Crippen LogP contribution in [0.15, 0.2) is 35.3 Å². The summed E-state index contributed by atoms with van der Waals surface area (Å²) in [5.74, 6) is -0.294. The fourth-order valence-electron chi connectivity index (χ4n) is 1.96. The summed E-state index contributed by atoms with van der Waals surface area (Å²) in [6, 6.07) is 6.47. The standard InChI is InChI=1S/C13H9ClN4O2/c14-7-3-1-6(2-4-7)11(19)8-5-16-10-9(8)17-13(15)18-12(10)20/h1-5,16H,(H3,15,17,18,20). The van der Waals surface area contributed by atoms with Crippen molar-refractivity contribution in [3.8, 4) is 0 Å². The molecule has 6 nitrogen and oxygen atoms in total. The van der Waals surface area contributed by atoms with Crippen molar-refractivity contribution in [2.75, 3.05) is 5.73 Å². The Morgan fingerprint density at radius 3 is 2.65 bits per heavy atom. The first-order valence-corrected chi connectivity index (χ1v) is 6.11. The second-order valence-corrected chi connectivity index (χ2v) is 4.65. The highest BCUT2D eigenvalue weighted by Crippen LogP contribution is 2.19. The van der Waals surface area contributed by atoms with Crippen molar-refractivity contribution in [1.82, 2.24) is 15.0 Å². The first kappa shape index (κ1) is 12.4. The van der Waals surface area contributed by atoms with E-state index >= 15 is 0 Å². The van der Waals surface area contributed by atoms with Crippen molar-refractivity contribution in [3.63, 3.8) is 0 Å². The van der Waals surface area contributed by atoms with Gasteiger partial charge in [0.1, 0.15) is 11.0 Å². The van der Waals surface area contributed by atoms with Crippen molar-refractivity contribution < 1.29 is 4.79 Å². The van der Waals surface area contributed by atoms with Crippen LogP contribution in [-0.2, 0) is 0 Å². The molecule has 0 atom stereocenters. The summed E-state index contributed by atoms with van der Waals surface area (Å²) in [5.41, 5.74) is 6.31. The van der Waals surface area contributed by atoms with Crippen molar-refractivity contribution in [2.45, 2.75) is 0 Å². The minimum absolute atomic E-state index is 0.0349. The number of rotatable bonds is 2. The Morgan fingerprint density at radius 2 is 1.95 bits per heavy atom. The number of benzene rings is 1. The third-order valence-corrected chi connectivity index (χ3v) is 3.16. The molecule has 7 heteroatoms. The molecule has 0 amide bonds. The molecule has 4 N–H and O–H groups in total.